The highest BCUT2D eigenvalue weighted by Crippen LogP contribution is 2.43. The molecule has 1 N–H and O–H groups in total. The molecule has 1 aliphatic rings. The summed E-state index contributed by atoms with van der Waals surface area (Å²) in [4.78, 5) is 11.2. The summed E-state index contributed by atoms with van der Waals surface area (Å²) in [6.45, 7) is 9.18. The van der Waals surface area contributed by atoms with Gasteiger partial charge in [0.25, 0.3) is 0 Å². The first-order valence-electron chi connectivity index (χ1n) is 12.3. The molecule has 0 radical (unpaired) electrons. The predicted octanol–water partition coefficient (Wildman–Crippen LogP) is 5.91. The third-order valence-corrected chi connectivity index (χ3v) is 6.89. The fourth-order valence-electron chi connectivity index (χ4n) is 4.95. The lowest BCUT2D eigenvalue weighted by Gasteiger charge is -2.28. The van der Waals surface area contributed by atoms with Crippen LogP contribution in [0, 0.1) is 13.8 Å². The number of aryl methyl sites for hydroxylation is 1. The molecule has 1 saturated heterocycles. The van der Waals surface area contributed by atoms with Crippen molar-refractivity contribution in [2.24, 2.45) is 0 Å². The molecule has 36 heavy (non-hydrogen) atoms. The molecular formula is C29H31N5OS. The largest absolute Gasteiger partial charge is 0.491 e. The van der Waals surface area contributed by atoms with E-state index in [0.29, 0.717) is 5.11 Å². The smallest absolute Gasteiger partial charge is 0.174 e. The van der Waals surface area contributed by atoms with Crippen molar-refractivity contribution in [2.45, 2.75) is 52.4 Å². The molecule has 1 fully saturated rings. The van der Waals surface area contributed by atoms with Crippen LogP contribution < -0.4 is 15.0 Å². The lowest BCUT2D eigenvalue weighted by Crippen LogP contribution is -2.29. The quantitative estimate of drug-likeness (QED) is 0.321. The first kappa shape index (κ1) is 24.0. The number of benzene rings is 1. The second kappa shape index (κ2) is 10.1. The first-order chi connectivity index (χ1) is 17.4. The van der Waals surface area contributed by atoms with Crippen LogP contribution in [0.25, 0.3) is 0 Å². The molecule has 7 heteroatoms. The summed E-state index contributed by atoms with van der Waals surface area (Å²) in [6, 6.07) is 20.4. The van der Waals surface area contributed by atoms with Crippen LogP contribution >= 0.6 is 12.2 Å². The van der Waals surface area contributed by atoms with Gasteiger partial charge in [-0.2, -0.15) is 0 Å². The Hall–Kier alpha value is -3.71. The van der Waals surface area contributed by atoms with E-state index in [9.17, 15) is 0 Å². The maximum Gasteiger partial charge on any atom is 0.174 e. The van der Waals surface area contributed by atoms with Gasteiger partial charge >= 0.3 is 0 Å². The monoisotopic (exact) mass is 497 g/mol. The van der Waals surface area contributed by atoms with E-state index in [-0.39, 0.29) is 18.2 Å². The van der Waals surface area contributed by atoms with Crippen molar-refractivity contribution in [1.29, 1.82) is 0 Å². The third kappa shape index (κ3) is 4.71. The molecular weight excluding hydrogens is 466 g/mol. The molecule has 0 amide bonds. The molecule has 4 aromatic rings. The molecule has 6 nitrogen and oxygen atoms in total. The molecule has 0 bridgehead atoms. The number of anilines is 1. The number of rotatable bonds is 7. The molecule has 184 valence electrons. The Morgan fingerprint density at radius 1 is 1.03 bits per heavy atom. The molecule has 0 spiro atoms. The van der Waals surface area contributed by atoms with Crippen molar-refractivity contribution in [3.05, 3.63) is 107 Å². The molecule has 3 aromatic heterocycles. The Bertz CT molecular complexity index is 1340. The van der Waals surface area contributed by atoms with Gasteiger partial charge in [0.15, 0.2) is 5.11 Å². The topological polar surface area (TPSA) is 55.2 Å². The van der Waals surface area contributed by atoms with Gasteiger partial charge < -0.3 is 19.5 Å². The second-order valence-electron chi connectivity index (χ2n) is 9.43. The average Bonchev–Trinajstić information content (AvgIpc) is 3.36. The van der Waals surface area contributed by atoms with E-state index in [1.165, 1.54) is 22.5 Å². The number of nitrogens with one attached hydrogen (secondary N) is 1. The maximum atomic E-state index is 5.91. The lowest BCUT2D eigenvalue weighted by molar-refractivity contribution is 0.242. The second-order valence-corrected chi connectivity index (χ2v) is 9.82. The Morgan fingerprint density at radius 2 is 1.83 bits per heavy atom. The number of thiocarbonyl (C=S) groups is 1. The van der Waals surface area contributed by atoms with E-state index in [2.05, 4.69) is 68.9 Å². The summed E-state index contributed by atoms with van der Waals surface area (Å²) in [5.74, 6) is 0.847. The van der Waals surface area contributed by atoms with Crippen LogP contribution in [0.15, 0.2) is 79.3 Å². The summed E-state index contributed by atoms with van der Waals surface area (Å²) in [5, 5.41) is 4.25. The van der Waals surface area contributed by atoms with Gasteiger partial charge in [0.2, 0.25) is 0 Å². The van der Waals surface area contributed by atoms with E-state index in [1.807, 2.05) is 62.8 Å². The van der Waals surface area contributed by atoms with E-state index >= 15 is 0 Å². The zero-order valence-corrected chi connectivity index (χ0v) is 21.9. The molecule has 1 aliphatic heterocycles. The Kier molecular flexibility index (Phi) is 6.74. The average molecular weight is 498 g/mol. The Balaban J connectivity index is 1.57. The van der Waals surface area contributed by atoms with Crippen LogP contribution in [0.1, 0.15) is 54.1 Å². The lowest BCUT2D eigenvalue weighted by atomic mass is 9.96. The molecule has 5 rings (SSSR count). The van der Waals surface area contributed by atoms with Crippen LogP contribution in [0.4, 0.5) is 5.69 Å². The van der Waals surface area contributed by atoms with Crippen molar-refractivity contribution >= 4 is 23.0 Å². The minimum atomic E-state index is -0.0855. The highest BCUT2D eigenvalue weighted by atomic mass is 32.1. The number of aromatic nitrogens is 3. The summed E-state index contributed by atoms with van der Waals surface area (Å²) < 4.78 is 8.22. The normalized spacial score (nSPS) is 17.5. The SMILES string of the molecule is Cc1cc([C@@H]2[C@@H](c3ccccn3)NC(=S)N2c2ccc(OC(C)C)cc2)c(C)n1Cc1cccnc1. The Labute approximate surface area is 218 Å². The zero-order chi connectivity index (χ0) is 25.2. The minimum absolute atomic E-state index is 0.0573. The minimum Gasteiger partial charge on any atom is -0.491 e. The van der Waals surface area contributed by atoms with Crippen molar-refractivity contribution in [3.63, 3.8) is 0 Å². The van der Waals surface area contributed by atoms with E-state index in [1.54, 1.807) is 0 Å². The van der Waals surface area contributed by atoms with Crippen molar-refractivity contribution < 1.29 is 4.74 Å². The van der Waals surface area contributed by atoms with Gasteiger partial charge in [-0.25, -0.2) is 0 Å². The van der Waals surface area contributed by atoms with Gasteiger partial charge in [-0.05, 0) is 99.6 Å². The highest BCUT2D eigenvalue weighted by molar-refractivity contribution is 7.80. The summed E-state index contributed by atoms with van der Waals surface area (Å²) >= 11 is 5.91. The fraction of sp³-hybridized carbons (Fsp3) is 0.276. The van der Waals surface area contributed by atoms with Crippen LogP contribution in [0.3, 0.4) is 0 Å². The number of hydrogen-bond donors (Lipinski definition) is 1. The number of pyridine rings is 2. The third-order valence-electron chi connectivity index (χ3n) is 6.58. The summed E-state index contributed by atoms with van der Waals surface area (Å²) in [6.07, 6.45) is 5.69. The van der Waals surface area contributed by atoms with Crippen LogP contribution in [-0.4, -0.2) is 25.8 Å². The van der Waals surface area contributed by atoms with Gasteiger partial charge in [0.05, 0.1) is 23.9 Å². The summed E-state index contributed by atoms with van der Waals surface area (Å²) in [5.41, 5.74) is 6.78. The van der Waals surface area contributed by atoms with Gasteiger partial charge in [-0.1, -0.05) is 12.1 Å². The molecule has 4 heterocycles. The predicted molar refractivity (Wildman–Crippen MR) is 147 cm³/mol. The van der Waals surface area contributed by atoms with Crippen LogP contribution in [0.2, 0.25) is 0 Å². The molecule has 0 aliphatic carbocycles. The Morgan fingerprint density at radius 3 is 2.50 bits per heavy atom. The number of ether oxygens (including phenoxy) is 1. The summed E-state index contributed by atoms with van der Waals surface area (Å²) in [7, 11) is 0. The first-order valence-corrected chi connectivity index (χ1v) is 12.7. The van der Waals surface area contributed by atoms with Crippen molar-refractivity contribution in [1.82, 2.24) is 19.9 Å². The molecule has 0 unspecified atom stereocenters. The number of hydrogen-bond acceptors (Lipinski definition) is 4. The van der Waals surface area contributed by atoms with Crippen LogP contribution in [0.5, 0.6) is 5.75 Å². The van der Waals surface area contributed by atoms with Gasteiger partial charge in [0, 0.05) is 42.2 Å². The van der Waals surface area contributed by atoms with E-state index in [0.717, 1.165) is 23.7 Å². The fourth-order valence-corrected chi connectivity index (χ4v) is 5.30. The van der Waals surface area contributed by atoms with Crippen molar-refractivity contribution in [2.75, 3.05) is 4.90 Å². The zero-order valence-electron chi connectivity index (χ0n) is 21.1. The molecule has 1 aromatic carbocycles. The highest BCUT2D eigenvalue weighted by Gasteiger charge is 2.42. The molecule has 0 saturated carbocycles. The van der Waals surface area contributed by atoms with E-state index < -0.39 is 0 Å². The van der Waals surface area contributed by atoms with E-state index in [4.69, 9.17) is 17.0 Å². The van der Waals surface area contributed by atoms with Gasteiger partial charge in [-0.15, -0.1) is 0 Å². The van der Waals surface area contributed by atoms with Crippen LogP contribution in [-0.2, 0) is 6.54 Å². The standard InChI is InChI=1S/C29H31N5OS/c1-19(2)35-24-12-10-23(11-13-24)34-28(27(32-29(34)36)26-9-5-6-15-31-26)25-16-20(3)33(21(25)4)18-22-8-7-14-30-17-22/h5-17,19,27-28H,18H2,1-4H3,(H,32,36)/t27-,28-/m1/s1. The number of nitrogens with zero attached hydrogens (tertiary/aromatic N) is 4. The maximum absolute atomic E-state index is 5.91. The van der Waals surface area contributed by atoms with Gasteiger partial charge in [0.1, 0.15) is 5.75 Å². The molecule has 2 atom stereocenters. The van der Waals surface area contributed by atoms with Crippen molar-refractivity contribution in [3.8, 4) is 5.75 Å². The van der Waals surface area contributed by atoms with Gasteiger partial charge in [-0.3, -0.25) is 9.97 Å².